The molecule has 3 N–H and O–H groups in total. The van der Waals surface area contributed by atoms with Gasteiger partial charge in [-0.25, -0.2) is 0 Å². The monoisotopic (exact) mass is 373 g/mol. The van der Waals surface area contributed by atoms with E-state index in [-0.39, 0.29) is 24.3 Å². The fraction of sp³-hybridized carbons (Fsp3) is 0.294. The number of hydrogen-bond donors (Lipinski definition) is 3. The van der Waals surface area contributed by atoms with Crippen LogP contribution in [0.4, 0.5) is 0 Å². The van der Waals surface area contributed by atoms with Gasteiger partial charge >= 0.3 is 0 Å². The molecule has 9 heteroatoms. The summed E-state index contributed by atoms with van der Waals surface area (Å²) in [5.74, 6) is 0.465. The average Bonchev–Trinajstić information content (AvgIpc) is 3.26. The van der Waals surface area contributed by atoms with Gasteiger partial charge in [-0.1, -0.05) is 16.8 Å². The molecule has 0 spiro atoms. The summed E-state index contributed by atoms with van der Waals surface area (Å²) < 4.78 is 5.18. The van der Waals surface area contributed by atoms with Crippen molar-refractivity contribution in [2.45, 2.75) is 25.3 Å². The molecular formula is C17H16ClN5O3. The normalized spacial score (nSPS) is 17.3. The quantitative estimate of drug-likeness (QED) is 0.648. The lowest BCUT2D eigenvalue weighted by molar-refractivity contribution is -0.122. The summed E-state index contributed by atoms with van der Waals surface area (Å²) in [4.78, 5) is 31.1. The molecule has 1 fully saturated rings. The molecule has 26 heavy (non-hydrogen) atoms. The Kier molecular flexibility index (Phi) is 4.34. The summed E-state index contributed by atoms with van der Waals surface area (Å²) in [5.41, 5.74) is 1.25. The number of nitrogens with one attached hydrogen (secondary N) is 3. The van der Waals surface area contributed by atoms with Crippen molar-refractivity contribution in [2.75, 3.05) is 6.54 Å². The lowest BCUT2D eigenvalue weighted by atomic mass is 9.97. The van der Waals surface area contributed by atoms with Crippen LogP contribution >= 0.6 is 11.6 Å². The fourth-order valence-electron chi connectivity index (χ4n) is 2.99. The van der Waals surface area contributed by atoms with Crippen LogP contribution in [0.2, 0.25) is 5.02 Å². The number of aromatic amines is 1. The van der Waals surface area contributed by atoms with Crippen LogP contribution in [-0.2, 0) is 11.3 Å². The predicted molar refractivity (Wildman–Crippen MR) is 93.8 cm³/mol. The molecule has 1 aliphatic heterocycles. The van der Waals surface area contributed by atoms with E-state index in [1.54, 1.807) is 18.2 Å². The van der Waals surface area contributed by atoms with Crippen LogP contribution in [0.5, 0.6) is 0 Å². The first-order valence-corrected chi connectivity index (χ1v) is 8.62. The fourth-order valence-corrected chi connectivity index (χ4v) is 3.17. The number of amides is 2. The summed E-state index contributed by atoms with van der Waals surface area (Å²) in [6, 6.07) is 7.10. The van der Waals surface area contributed by atoms with E-state index in [0.717, 1.165) is 17.3 Å². The highest BCUT2D eigenvalue weighted by Gasteiger charge is 2.25. The van der Waals surface area contributed by atoms with Crippen molar-refractivity contribution < 1.29 is 14.1 Å². The van der Waals surface area contributed by atoms with Gasteiger partial charge in [0.25, 0.3) is 5.91 Å². The van der Waals surface area contributed by atoms with Crippen molar-refractivity contribution in [3.05, 3.63) is 46.7 Å². The smallest absolute Gasteiger partial charge is 0.268 e. The molecule has 4 rings (SSSR count). The van der Waals surface area contributed by atoms with Crippen molar-refractivity contribution >= 4 is 34.3 Å². The van der Waals surface area contributed by atoms with Crippen molar-refractivity contribution in [2.24, 2.45) is 0 Å². The van der Waals surface area contributed by atoms with Crippen molar-refractivity contribution in [3.63, 3.8) is 0 Å². The van der Waals surface area contributed by atoms with Crippen molar-refractivity contribution in [3.8, 4) is 0 Å². The van der Waals surface area contributed by atoms with E-state index < -0.39 is 0 Å². The molecule has 3 heterocycles. The molecule has 2 aromatic heterocycles. The highest BCUT2D eigenvalue weighted by atomic mass is 35.5. The number of aromatic nitrogens is 3. The summed E-state index contributed by atoms with van der Waals surface area (Å²) in [7, 11) is 0. The zero-order valence-corrected chi connectivity index (χ0v) is 14.5. The number of carbonyl (C=O) groups is 2. The highest BCUT2D eigenvalue weighted by Crippen LogP contribution is 2.23. The number of H-pyrrole nitrogens is 1. The first-order valence-electron chi connectivity index (χ1n) is 8.24. The number of hydrogen-bond acceptors (Lipinski definition) is 5. The third kappa shape index (κ3) is 3.41. The van der Waals surface area contributed by atoms with Crippen molar-refractivity contribution in [1.29, 1.82) is 0 Å². The number of rotatable bonds is 4. The van der Waals surface area contributed by atoms with Crippen LogP contribution in [-0.4, -0.2) is 33.5 Å². The highest BCUT2D eigenvalue weighted by molar-refractivity contribution is 6.31. The Labute approximate surface area is 153 Å². The first kappa shape index (κ1) is 16.6. The van der Waals surface area contributed by atoms with Crippen LogP contribution in [0.15, 0.2) is 28.8 Å². The Bertz CT molecular complexity index is 980. The van der Waals surface area contributed by atoms with E-state index in [9.17, 15) is 9.59 Å². The lowest BCUT2D eigenvalue weighted by Gasteiger charge is -2.18. The zero-order chi connectivity index (χ0) is 18.1. The van der Waals surface area contributed by atoms with Gasteiger partial charge < -0.3 is 20.1 Å². The van der Waals surface area contributed by atoms with Crippen LogP contribution in [0.1, 0.15) is 41.0 Å². The molecule has 0 aliphatic carbocycles. The maximum atomic E-state index is 12.3. The number of piperidine rings is 1. The van der Waals surface area contributed by atoms with Crippen LogP contribution < -0.4 is 10.6 Å². The van der Waals surface area contributed by atoms with E-state index in [0.29, 0.717) is 35.4 Å². The first-order chi connectivity index (χ1) is 12.6. The minimum absolute atomic E-state index is 0.0141. The molecule has 0 radical (unpaired) electrons. The largest absolute Gasteiger partial charge is 0.356 e. The van der Waals surface area contributed by atoms with E-state index in [4.69, 9.17) is 16.1 Å². The van der Waals surface area contributed by atoms with E-state index in [1.165, 1.54) is 0 Å². The second kappa shape index (κ2) is 6.80. The maximum Gasteiger partial charge on any atom is 0.268 e. The number of nitrogens with zero attached hydrogens (tertiary/aromatic N) is 2. The van der Waals surface area contributed by atoms with Crippen LogP contribution in [0, 0.1) is 0 Å². The number of halogens is 1. The minimum atomic E-state index is -0.283. The summed E-state index contributed by atoms with van der Waals surface area (Å²) >= 11 is 5.96. The SMILES string of the molecule is O=C1CC(c2noc(CNC(=O)c3cc4cc(Cl)ccc4[nH]3)n2)CCN1. The molecule has 1 aliphatic rings. The van der Waals surface area contributed by atoms with Gasteiger partial charge in [-0.3, -0.25) is 9.59 Å². The predicted octanol–water partition coefficient (Wildman–Crippen LogP) is 2.13. The Morgan fingerprint density at radius 2 is 2.27 bits per heavy atom. The summed E-state index contributed by atoms with van der Waals surface area (Å²) in [6.45, 7) is 0.718. The Morgan fingerprint density at radius 3 is 3.12 bits per heavy atom. The molecule has 8 nitrogen and oxygen atoms in total. The topological polar surface area (TPSA) is 113 Å². The molecule has 2 amide bonds. The molecule has 3 aromatic rings. The van der Waals surface area contributed by atoms with Gasteiger partial charge in [-0.2, -0.15) is 4.98 Å². The molecule has 134 valence electrons. The standard InChI is InChI=1S/C17H16ClN5O3/c18-11-1-2-12-10(5-11)6-13(21-12)17(25)20-8-15-22-16(23-26-15)9-3-4-19-14(24)7-9/h1-2,5-6,9,21H,3-4,7-8H2,(H,19,24)(H,20,25). The van der Waals surface area contributed by atoms with Crippen molar-refractivity contribution in [1.82, 2.24) is 25.8 Å². The average molecular weight is 374 g/mol. The second-order valence-electron chi connectivity index (χ2n) is 6.18. The van der Waals surface area contributed by atoms with Gasteiger partial charge in [0.2, 0.25) is 11.8 Å². The van der Waals surface area contributed by atoms with Crippen LogP contribution in [0.3, 0.4) is 0 Å². The van der Waals surface area contributed by atoms with Gasteiger partial charge in [0.1, 0.15) is 5.69 Å². The van der Waals surface area contributed by atoms with Crippen LogP contribution in [0.25, 0.3) is 10.9 Å². The number of carbonyl (C=O) groups excluding carboxylic acids is 2. The molecule has 1 atom stereocenters. The number of fused-ring (bicyclic) bond motifs is 1. The summed E-state index contributed by atoms with van der Waals surface area (Å²) in [5, 5.41) is 10.9. The third-order valence-corrected chi connectivity index (χ3v) is 4.56. The molecule has 0 saturated carbocycles. The molecule has 1 saturated heterocycles. The molecule has 0 bridgehead atoms. The molecule has 1 unspecified atom stereocenters. The Balaban J connectivity index is 1.40. The zero-order valence-electron chi connectivity index (χ0n) is 13.7. The van der Waals surface area contributed by atoms with E-state index >= 15 is 0 Å². The van der Waals surface area contributed by atoms with E-state index in [2.05, 4.69) is 25.8 Å². The lowest BCUT2D eigenvalue weighted by Crippen LogP contribution is -2.32. The van der Waals surface area contributed by atoms with Gasteiger partial charge in [-0.05, 0) is 30.7 Å². The van der Waals surface area contributed by atoms with Gasteiger partial charge in [0.05, 0.1) is 6.54 Å². The van der Waals surface area contributed by atoms with Gasteiger partial charge in [0.15, 0.2) is 5.82 Å². The third-order valence-electron chi connectivity index (χ3n) is 4.32. The Hall–Kier alpha value is -2.87. The second-order valence-corrected chi connectivity index (χ2v) is 6.62. The molecular weight excluding hydrogens is 358 g/mol. The minimum Gasteiger partial charge on any atom is -0.356 e. The summed E-state index contributed by atoms with van der Waals surface area (Å²) in [6.07, 6.45) is 1.12. The number of benzene rings is 1. The van der Waals surface area contributed by atoms with E-state index in [1.807, 2.05) is 6.07 Å². The van der Waals surface area contributed by atoms with Gasteiger partial charge in [0, 0.05) is 34.8 Å². The van der Waals surface area contributed by atoms with Gasteiger partial charge in [-0.15, -0.1) is 0 Å². The Morgan fingerprint density at radius 1 is 1.38 bits per heavy atom. The molecule has 1 aromatic carbocycles. The maximum absolute atomic E-state index is 12.3.